The van der Waals surface area contributed by atoms with Gasteiger partial charge in [0.05, 0.1) is 22.2 Å². The van der Waals surface area contributed by atoms with E-state index in [9.17, 15) is 13.2 Å². The van der Waals surface area contributed by atoms with Crippen molar-refractivity contribution in [2.24, 2.45) is 0 Å². The van der Waals surface area contributed by atoms with E-state index in [1.165, 1.54) is 16.4 Å². The summed E-state index contributed by atoms with van der Waals surface area (Å²) in [6, 6.07) is 11.5. The molecule has 1 saturated heterocycles. The van der Waals surface area contributed by atoms with Gasteiger partial charge in [-0.3, -0.25) is 9.89 Å². The molecule has 9 heteroatoms. The first-order chi connectivity index (χ1) is 13.0. The molecule has 2 aromatic carbocycles. The van der Waals surface area contributed by atoms with E-state index in [4.69, 9.17) is 11.6 Å². The average molecular weight is 405 g/mol. The highest BCUT2D eigenvalue weighted by Gasteiger charge is 2.30. The number of para-hydroxylation sites is 1. The molecule has 27 heavy (non-hydrogen) atoms. The molecule has 3 aromatic rings. The molecule has 1 aromatic heterocycles. The number of amides is 1. The quantitative estimate of drug-likeness (QED) is 0.726. The monoisotopic (exact) mass is 404 g/mol. The number of aromatic amines is 1. The van der Waals surface area contributed by atoms with Crippen LogP contribution in [0.2, 0.25) is 5.02 Å². The molecule has 0 bridgehead atoms. The van der Waals surface area contributed by atoms with Crippen molar-refractivity contribution in [3.8, 4) is 0 Å². The van der Waals surface area contributed by atoms with Crippen LogP contribution in [0.5, 0.6) is 0 Å². The molecule has 1 N–H and O–H groups in total. The third-order valence-corrected chi connectivity index (χ3v) is 6.85. The number of hydrogen-bond acceptors (Lipinski definition) is 4. The van der Waals surface area contributed by atoms with Crippen molar-refractivity contribution in [3.63, 3.8) is 0 Å². The second kappa shape index (κ2) is 6.95. The highest BCUT2D eigenvalue weighted by Crippen LogP contribution is 2.22. The van der Waals surface area contributed by atoms with Gasteiger partial charge >= 0.3 is 0 Å². The van der Waals surface area contributed by atoms with Crippen LogP contribution in [0.15, 0.2) is 53.6 Å². The van der Waals surface area contributed by atoms with Crippen LogP contribution in [0.3, 0.4) is 0 Å². The van der Waals surface area contributed by atoms with E-state index in [2.05, 4.69) is 10.2 Å². The van der Waals surface area contributed by atoms with E-state index in [1.807, 2.05) is 12.1 Å². The molecule has 0 aliphatic carbocycles. The minimum atomic E-state index is -3.60. The number of hydrogen-bond donors (Lipinski definition) is 1. The Kier molecular flexibility index (Phi) is 4.63. The molecule has 140 valence electrons. The molecular formula is C18H17ClN4O3S. The van der Waals surface area contributed by atoms with Crippen LogP contribution in [0, 0.1) is 0 Å². The fourth-order valence-corrected chi connectivity index (χ4v) is 4.75. The number of benzene rings is 2. The summed E-state index contributed by atoms with van der Waals surface area (Å²) < 4.78 is 26.9. The SMILES string of the molecule is O=C(c1cccc2cn[nH]c12)N1CCN(S(=O)(=O)c2ccc(Cl)cc2)CC1. The summed E-state index contributed by atoms with van der Waals surface area (Å²) in [5, 5.41) is 8.18. The summed E-state index contributed by atoms with van der Waals surface area (Å²) in [5.41, 5.74) is 1.23. The number of aromatic nitrogens is 2. The summed E-state index contributed by atoms with van der Waals surface area (Å²) >= 11 is 5.83. The van der Waals surface area contributed by atoms with Crippen LogP contribution in [0.1, 0.15) is 10.4 Å². The van der Waals surface area contributed by atoms with E-state index < -0.39 is 10.0 Å². The summed E-state index contributed by atoms with van der Waals surface area (Å²) in [7, 11) is -3.60. The topological polar surface area (TPSA) is 86.4 Å². The molecule has 0 atom stereocenters. The van der Waals surface area contributed by atoms with Crippen molar-refractivity contribution >= 4 is 38.4 Å². The van der Waals surface area contributed by atoms with E-state index in [-0.39, 0.29) is 23.9 Å². The van der Waals surface area contributed by atoms with Gasteiger partial charge in [0.1, 0.15) is 0 Å². The minimum Gasteiger partial charge on any atom is -0.336 e. The van der Waals surface area contributed by atoms with E-state index >= 15 is 0 Å². The van der Waals surface area contributed by atoms with Gasteiger partial charge in [0.2, 0.25) is 10.0 Å². The maximum absolute atomic E-state index is 12.9. The molecule has 1 aliphatic rings. The lowest BCUT2D eigenvalue weighted by atomic mass is 10.1. The number of nitrogens with zero attached hydrogens (tertiary/aromatic N) is 3. The summed E-state index contributed by atoms with van der Waals surface area (Å²) in [6.07, 6.45) is 1.67. The lowest BCUT2D eigenvalue weighted by molar-refractivity contribution is 0.0699. The number of fused-ring (bicyclic) bond motifs is 1. The zero-order valence-electron chi connectivity index (χ0n) is 14.3. The van der Waals surface area contributed by atoms with Crippen LogP contribution in [-0.2, 0) is 10.0 Å². The standard InChI is InChI=1S/C18H17ClN4O3S/c19-14-4-6-15(7-5-14)27(25,26)23-10-8-22(9-11-23)18(24)16-3-1-2-13-12-20-21-17(13)16/h1-7,12H,8-11H2,(H,20,21). The van der Waals surface area contributed by atoms with Crippen molar-refractivity contribution in [2.75, 3.05) is 26.2 Å². The number of carbonyl (C=O) groups excluding carboxylic acids is 1. The Labute approximate surface area is 161 Å². The van der Waals surface area contributed by atoms with Gasteiger partial charge in [-0.1, -0.05) is 23.7 Å². The Balaban J connectivity index is 1.49. The van der Waals surface area contributed by atoms with Crippen molar-refractivity contribution < 1.29 is 13.2 Å². The van der Waals surface area contributed by atoms with Gasteiger partial charge in [0, 0.05) is 36.6 Å². The highest BCUT2D eigenvalue weighted by molar-refractivity contribution is 7.89. The van der Waals surface area contributed by atoms with Crippen molar-refractivity contribution in [3.05, 3.63) is 59.2 Å². The van der Waals surface area contributed by atoms with Crippen molar-refractivity contribution in [2.45, 2.75) is 4.90 Å². The first-order valence-electron chi connectivity index (χ1n) is 8.44. The summed E-state index contributed by atoms with van der Waals surface area (Å²) in [4.78, 5) is 14.7. The van der Waals surface area contributed by atoms with E-state index in [0.29, 0.717) is 29.2 Å². The third-order valence-electron chi connectivity index (χ3n) is 4.68. The molecule has 1 fully saturated rings. The van der Waals surface area contributed by atoms with Crippen molar-refractivity contribution in [1.29, 1.82) is 0 Å². The van der Waals surface area contributed by atoms with Crippen LogP contribution in [-0.4, -0.2) is 59.9 Å². The minimum absolute atomic E-state index is 0.131. The molecule has 4 rings (SSSR count). The lowest BCUT2D eigenvalue weighted by Gasteiger charge is -2.34. The molecule has 0 saturated carbocycles. The number of rotatable bonds is 3. The Bertz CT molecular complexity index is 1090. The van der Waals surface area contributed by atoms with Crippen LogP contribution in [0.4, 0.5) is 0 Å². The van der Waals surface area contributed by atoms with Gasteiger partial charge in [-0.05, 0) is 30.3 Å². The van der Waals surface area contributed by atoms with Gasteiger partial charge in [0.25, 0.3) is 5.91 Å². The second-order valence-electron chi connectivity index (χ2n) is 6.29. The van der Waals surface area contributed by atoms with Crippen LogP contribution in [0.25, 0.3) is 10.9 Å². The number of halogens is 1. The largest absolute Gasteiger partial charge is 0.336 e. The first kappa shape index (κ1) is 18.0. The molecule has 0 unspecified atom stereocenters. The van der Waals surface area contributed by atoms with Gasteiger partial charge in [-0.25, -0.2) is 8.42 Å². The number of piperazine rings is 1. The molecule has 1 aliphatic heterocycles. The molecule has 7 nitrogen and oxygen atoms in total. The second-order valence-corrected chi connectivity index (χ2v) is 8.66. The maximum Gasteiger partial charge on any atom is 0.256 e. The fourth-order valence-electron chi connectivity index (χ4n) is 3.20. The van der Waals surface area contributed by atoms with Crippen LogP contribution >= 0.6 is 11.6 Å². The highest BCUT2D eigenvalue weighted by atomic mass is 35.5. The maximum atomic E-state index is 12.9. The Morgan fingerprint density at radius 1 is 1.04 bits per heavy atom. The summed E-state index contributed by atoms with van der Waals surface area (Å²) in [5.74, 6) is -0.131. The lowest BCUT2D eigenvalue weighted by Crippen LogP contribution is -2.50. The number of nitrogens with one attached hydrogen (secondary N) is 1. The Morgan fingerprint density at radius 3 is 2.44 bits per heavy atom. The molecule has 1 amide bonds. The third kappa shape index (κ3) is 3.31. The van der Waals surface area contributed by atoms with E-state index in [0.717, 1.165) is 5.39 Å². The average Bonchev–Trinajstić information content (AvgIpc) is 3.17. The van der Waals surface area contributed by atoms with Gasteiger partial charge < -0.3 is 4.90 Å². The van der Waals surface area contributed by atoms with Crippen LogP contribution < -0.4 is 0 Å². The number of sulfonamides is 1. The van der Waals surface area contributed by atoms with E-state index in [1.54, 1.807) is 29.3 Å². The van der Waals surface area contributed by atoms with Gasteiger partial charge in [-0.15, -0.1) is 0 Å². The normalized spacial score (nSPS) is 16.0. The first-order valence-corrected chi connectivity index (χ1v) is 10.3. The molecule has 2 heterocycles. The number of H-pyrrole nitrogens is 1. The predicted molar refractivity (Wildman–Crippen MR) is 102 cm³/mol. The number of carbonyl (C=O) groups is 1. The molecule has 0 spiro atoms. The predicted octanol–water partition coefficient (Wildman–Crippen LogP) is 2.36. The fraction of sp³-hybridized carbons (Fsp3) is 0.222. The van der Waals surface area contributed by atoms with Gasteiger partial charge in [0.15, 0.2) is 0 Å². The van der Waals surface area contributed by atoms with Gasteiger partial charge in [-0.2, -0.15) is 9.40 Å². The summed E-state index contributed by atoms with van der Waals surface area (Å²) in [6.45, 7) is 1.15. The Morgan fingerprint density at radius 2 is 1.74 bits per heavy atom. The Hall–Kier alpha value is -2.42. The smallest absolute Gasteiger partial charge is 0.256 e. The zero-order valence-corrected chi connectivity index (χ0v) is 15.9. The molecular weight excluding hydrogens is 388 g/mol. The zero-order chi connectivity index (χ0) is 19.0. The molecule has 0 radical (unpaired) electrons. The van der Waals surface area contributed by atoms with Crippen molar-refractivity contribution in [1.82, 2.24) is 19.4 Å².